The molecular formula is C66H75Cl2N9O25. The topological polar surface area (TPSA) is 560 Å². The number of halogens is 2. The van der Waals surface area contributed by atoms with Crippen LogP contribution >= 0.6 is 23.2 Å². The van der Waals surface area contributed by atoms with Crippen LogP contribution in [0.2, 0.25) is 10.0 Å². The molecule has 102 heavy (non-hydrogen) atoms. The number of amides is 6. The van der Waals surface area contributed by atoms with Crippen molar-refractivity contribution in [2.75, 3.05) is 6.61 Å². The van der Waals surface area contributed by atoms with E-state index in [9.17, 15) is 65.4 Å². The van der Waals surface area contributed by atoms with E-state index in [2.05, 4.69) is 26.6 Å². The molecule has 8 aliphatic rings. The number of fused-ring (bicyclic) bond motifs is 15. The first-order valence-electron chi connectivity index (χ1n) is 31.9. The molecule has 36 heteroatoms. The number of nitrogens with two attached hydrogens (primary N) is 4. The van der Waals surface area contributed by atoms with Crippen molar-refractivity contribution in [2.24, 2.45) is 22.9 Å². The van der Waals surface area contributed by atoms with Gasteiger partial charge in [0.25, 0.3) is 0 Å². The van der Waals surface area contributed by atoms with E-state index in [1.54, 1.807) is 0 Å². The predicted octanol–water partition coefficient (Wildman–Crippen LogP) is -0.448. The molecule has 21 atom stereocenters. The van der Waals surface area contributed by atoms with Gasteiger partial charge in [0.15, 0.2) is 36.2 Å². The molecule has 5 aromatic rings. The molecule has 548 valence electrons. The number of carbonyl (C=O) groups is 7. The summed E-state index contributed by atoms with van der Waals surface area (Å²) >= 11 is 14.2. The molecule has 34 nitrogen and oxygen atoms in total. The van der Waals surface area contributed by atoms with E-state index in [0.717, 1.165) is 48.5 Å². The maximum absolute atomic E-state index is 16.1. The third-order valence-electron chi connectivity index (χ3n) is 18.5. The summed E-state index contributed by atoms with van der Waals surface area (Å²) in [7, 11) is 0. The molecular weight excluding hydrogens is 1390 g/mol. The van der Waals surface area contributed by atoms with E-state index < -0.39 is 243 Å². The van der Waals surface area contributed by atoms with E-state index in [0.29, 0.717) is 0 Å². The van der Waals surface area contributed by atoms with E-state index in [-0.39, 0.29) is 46.1 Å². The molecule has 8 aliphatic heterocycles. The Hall–Kier alpha value is -8.79. The molecule has 23 N–H and O–H groups in total. The Morgan fingerprint density at radius 2 is 1.19 bits per heavy atom. The first kappa shape index (κ1) is 74.4. The average Bonchev–Trinajstić information content (AvgIpc) is 0.769. The average molecular weight is 1470 g/mol. The highest BCUT2D eigenvalue weighted by Gasteiger charge is 2.52. The van der Waals surface area contributed by atoms with Crippen LogP contribution in [0, 0.1) is 0 Å². The molecule has 0 unspecified atom stereocenters. The van der Waals surface area contributed by atoms with Gasteiger partial charge in [0.05, 0.1) is 47.5 Å². The highest BCUT2D eigenvalue weighted by atomic mass is 35.5. The lowest BCUT2D eigenvalue weighted by Crippen LogP contribution is -2.64. The lowest BCUT2D eigenvalue weighted by molar-refractivity contribution is -0.333. The van der Waals surface area contributed by atoms with Crippen molar-refractivity contribution in [1.29, 1.82) is 0 Å². The standard InChI is InChI=1S/C66H75Cl2N9O25/c1-22-56(86)65(3,71)19-42(95-22)100-53-26-7-10-37(32(68)13-26)98-39-15-27-14-38(54(39)102-64-55(52(85)51(84)40(21-78)99-64)101-43-20-66(4,72)57(87)23(2)96-43)97-36-9-6-25(12-31(36)67)50(83)45(70)59(89)73-33(18-41(69)82)58(88)74-47(27)61(91)75-46-24-5-8-34(80)29(11-24)44-30(16-28(79)17-35(44)81)48(63(93)94)76-62(92)49(53)77-60(46)90/h5-17,22-23,33,40,42-43,45-53,55-57,64,78-81,83-87H,18-21,70-72H2,1-4H3,(H2,69,82)(H,73,89)(H,74,88)(H,75,91)(H,76,92)(H,77,90)(H,93,94)/t22-,23-,33-,40+,42-,43-,45+,46+,47+,48-,49-,50+,51+,52-,53+,55+,56-,57-,64-,65-,66-/m0/s1. The first-order valence-corrected chi connectivity index (χ1v) is 32.6. The van der Waals surface area contributed by atoms with Gasteiger partial charge in [-0.25, -0.2) is 4.79 Å². The summed E-state index contributed by atoms with van der Waals surface area (Å²) in [6.07, 6.45) is -22.5. The van der Waals surface area contributed by atoms with Crippen LogP contribution in [-0.2, 0) is 57.2 Å². The van der Waals surface area contributed by atoms with Crippen LogP contribution in [0.1, 0.15) is 105 Å². The normalized spacial score (nSPS) is 33.5. The number of hydrogen-bond acceptors (Lipinski definition) is 27. The predicted molar refractivity (Wildman–Crippen MR) is 349 cm³/mol. The summed E-state index contributed by atoms with van der Waals surface area (Å²) in [5, 5.41) is 125. The molecule has 0 saturated carbocycles. The number of rotatable bonds is 10. The number of benzene rings is 5. The van der Waals surface area contributed by atoms with Gasteiger partial charge in [0.1, 0.15) is 89.5 Å². The highest BCUT2D eigenvalue weighted by molar-refractivity contribution is 6.32. The van der Waals surface area contributed by atoms with Gasteiger partial charge >= 0.3 is 5.97 Å². The van der Waals surface area contributed by atoms with Gasteiger partial charge in [-0.3, -0.25) is 28.8 Å². The molecule has 13 rings (SSSR count). The number of carbonyl (C=O) groups excluding carboxylic acids is 6. The van der Waals surface area contributed by atoms with Crippen molar-refractivity contribution < 1.29 is 123 Å². The summed E-state index contributed by atoms with van der Waals surface area (Å²) in [4.78, 5) is 103. The zero-order chi connectivity index (χ0) is 74.0. The van der Waals surface area contributed by atoms with E-state index >= 15 is 19.2 Å². The van der Waals surface area contributed by atoms with E-state index in [1.807, 2.05) is 0 Å². The van der Waals surface area contributed by atoms with Crippen LogP contribution in [0.3, 0.4) is 0 Å². The monoisotopic (exact) mass is 1460 g/mol. The van der Waals surface area contributed by atoms with Crippen molar-refractivity contribution in [3.05, 3.63) is 117 Å². The molecule has 0 aliphatic carbocycles. The number of phenols is 3. The number of nitrogens with one attached hydrogen (secondary N) is 5. The highest BCUT2D eigenvalue weighted by Crippen LogP contribution is 2.50. The lowest BCUT2D eigenvalue weighted by Gasteiger charge is -2.47. The number of aliphatic carboxylic acids is 1. The van der Waals surface area contributed by atoms with Crippen LogP contribution < -0.4 is 63.7 Å². The van der Waals surface area contributed by atoms with Crippen LogP contribution in [-0.4, -0.2) is 196 Å². The van der Waals surface area contributed by atoms with Crippen molar-refractivity contribution >= 4 is 64.6 Å². The Morgan fingerprint density at radius 1 is 0.627 bits per heavy atom. The molecule has 5 aromatic carbocycles. The number of aromatic hydroxyl groups is 3. The van der Waals surface area contributed by atoms with Gasteiger partial charge < -0.3 is 138 Å². The Balaban J connectivity index is 1.19. The first-order chi connectivity index (χ1) is 48.0. The minimum Gasteiger partial charge on any atom is -0.508 e. The van der Waals surface area contributed by atoms with Crippen molar-refractivity contribution in [2.45, 2.75) is 174 Å². The largest absolute Gasteiger partial charge is 0.508 e. The maximum atomic E-state index is 16.1. The van der Waals surface area contributed by atoms with Gasteiger partial charge in [-0.15, -0.1) is 0 Å². The number of carboxylic acids is 1. The quantitative estimate of drug-likeness (QED) is 0.0842. The minimum absolute atomic E-state index is 0.105. The fraction of sp³-hybridized carbons (Fsp3) is 0.439. The van der Waals surface area contributed by atoms with Gasteiger partial charge in [-0.2, -0.15) is 0 Å². The minimum atomic E-state index is -2.32. The fourth-order valence-electron chi connectivity index (χ4n) is 13.1. The van der Waals surface area contributed by atoms with Crippen molar-refractivity contribution in [1.82, 2.24) is 26.6 Å². The number of phenolic OH excluding ortho intramolecular Hbond substituents is 3. The number of ether oxygens (including phenoxy) is 8. The van der Waals surface area contributed by atoms with Crippen molar-refractivity contribution in [3.63, 3.8) is 0 Å². The van der Waals surface area contributed by atoms with Gasteiger partial charge in [0.2, 0.25) is 47.5 Å². The molecule has 3 saturated heterocycles. The van der Waals surface area contributed by atoms with Gasteiger partial charge in [0, 0.05) is 46.7 Å². The zero-order valence-corrected chi connectivity index (χ0v) is 56.0. The van der Waals surface area contributed by atoms with Crippen LogP contribution in [0.4, 0.5) is 0 Å². The molecule has 8 heterocycles. The number of carboxylic acid groups (broad SMARTS) is 1. The second-order valence-corrected chi connectivity index (χ2v) is 27.1. The van der Waals surface area contributed by atoms with Gasteiger partial charge in [-0.1, -0.05) is 41.4 Å². The maximum Gasteiger partial charge on any atom is 0.330 e. The second kappa shape index (κ2) is 29.2. The van der Waals surface area contributed by atoms with Gasteiger partial charge in [-0.05, 0) is 105 Å². The number of hydrogen-bond donors (Lipinski definition) is 19. The zero-order valence-electron chi connectivity index (χ0n) is 54.5. The SMILES string of the molecule is C[C@@H]1O[C@@H](O[C@H]2[C@H](Oc3c4cc5cc3Oc3ccc(cc3Cl)[C@@H](O[C@H]3C[C@](C)(N)[C@@H](O)[C@H](C)O3)[C@@H]3NC(=O)[C@H](NC(=O)[C@@H]5NC(=O)[C@H](CC(N)=O)NC(=O)[C@H](N)[C@H](O)c5ccc(c(Cl)c5)O4)c4ccc(O)c(c4)-c4c(O)cc(O)cc4[C@@H](C(=O)O)NC3=O)O[C@H](CO)[C@@H](O)[C@@H]2O)C[C@](C)(N)[C@H]1O. The Bertz CT molecular complexity index is 4140. The molecule has 6 amide bonds. The number of aliphatic hydroxyl groups excluding tert-OH is 6. The van der Waals surface area contributed by atoms with Crippen LogP contribution in [0.5, 0.6) is 46.0 Å². The summed E-state index contributed by atoms with van der Waals surface area (Å²) in [6, 6.07) is 1.01. The Morgan fingerprint density at radius 3 is 1.76 bits per heavy atom. The molecule has 0 aromatic heterocycles. The molecule has 0 spiro atoms. The van der Waals surface area contributed by atoms with E-state index in [4.69, 9.17) is 84.0 Å². The molecule has 0 radical (unpaired) electrons. The Labute approximate surface area is 588 Å². The van der Waals surface area contributed by atoms with E-state index in [1.165, 1.54) is 58.0 Å². The fourth-order valence-corrected chi connectivity index (χ4v) is 13.5. The molecule has 11 bridgehead atoms. The third-order valence-corrected chi connectivity index (χ3v) is 19.1. The Kier molecular flexibility index (Phi) is 21.3. The summed E-state index contributed by atoms with van der Waals surface area (Å²) in [6.45, 7) is 4.98. The number of primary amides is 1. The summed E-state index contributed by atoms with van der Waals surface area (Å²) < 4.78 is 51.3. The smallest absolute Gasteiger partial charge is 0.330 e. The summed E-state index contributed by atoms with van der Waals surface area (Å²) in [5.74, 6) is -14.7. The third kappa shape index (κ3) is 15.0. The van der Waals surface area contributed by atoms with Crippen molar-refractivity contribution in [3.8, 4) is 57.1 Å². The second-order valence-electron chi connectivity index (χ2n) is 26.3. The summed E-state index contributed by atoms with van der Waals surface area (Å²) in [5.41, 5.74) is 19.6. The van der Waals surface area contributed by atoms with Crippen LogP contribution in [0.25, 0.3) is 11.1 Å². The van der Waals surface area contributed by atoms with Crippen LogP contribution in [0.15, 0.2) is 78.9 Å². The lowest BCUT2D eigenvalue weighted by atomic mass is 9.86. The molecule has 3 fully saturated rings. The number of aliphatic hydroxyl groups is 6.